The molecule has 9 atom stereocenters. The molecule has 0 N–H and O–H groups in total. The molecule has 0 radical (unpaired) electrons. The Bertz CT molecular complexity index is 789. The number of rotatable bonds is 7. The van der Waals surface area contributed by atoms with Gasteiger partial charge in [0.1, 0.15) is 0 Å². The summed E-state index contributed by atoms with van der Waals surface area (Å²) in [6.45, 7) is 26.5. The highest BCUT2D eigenvalue weighted by atomic mass is 28.4. The molecular weight excluding hydrogens is 428 g/mol. The van der Waals surface area contributed by atoms with E-state index >= 15 is 0 Å². The van der Waals surface area contributed by atoms with Gasteiger partial charge < -0.3 is 4.43 Å². The summed E-state index contributed by atoms with van der Waals surface area (Å²) < 4.78 is 6.71. The molecule has 0 bridgehead atoms. The Morgan fingerprint density at radius 2 is 1.68 bits per heavy atom. The van der Waals surface area contributed by atoms with Gasteiger partial charge in [-0.1, -0.05) is 65.3 Å². The van der Waals surface area contributed by atoms with Crippen molar-refractivity contribution in [2.45, 2.75) is 125 Å². The third-order valence-corrected chi connectivity index (χ3v) is 12.6. The predicted octanol–water partition coefficient (Wildman–Crippen LogP) is 9.66. The van der Waals surface area contributed by atoms with Crippen LogP contribution in [0.15, 0.2) is 23.8 Å². The maximum Gasteiger partial charge on any atom is 0.184 e. The fourth-order valence-corrected chi connectivity index (χ4v) is 10.7. The lowest BCUT2D eigenvalue weighted by molar-refractivity contribution is -0.0718. The van der Waals surface area contributed by atoms with Crippen molar-refractivity contribution < 1.29 is 4.43 Å². The van der Waals surface area contributed by atoms with Crippen molar-refractivity contribution in [3.8, 4) is 0 Å². The second-order valence-corrected chi connectivity index (χ2v) is 19.3. The first-order chi connectivity index (χ1) is 15.8. The van der Waals surface area contributed by atoms with Crippen molar-refractivity contribution in [3.05, 3.63) is 23.8 Å². The SMILES string of the molecule is C=C(CC[C@@H](C)[C@H]1CC[C@H]2C3=CCC4C(C)C(O[Si](C)(C)C)CC[C@]4(C)[C@H]3CC[C@]12C)C(C)C. The molecule has 0 saturated heterocycles. The molecule has 34 heavy (non-hydrogen) atoms. The van der Waals surface area contributed by atoms with Crippen LogP contribution in [0.25, 0.3) is 0 Å². The largest absolute Gasteiger partial charge is 0.414 e. The third kappa shape index (κ3) is 4.69. The normalized spacial score (nSPS) is 43.1. The van der Waals surface area contributed by atoms with Crippen LogP contribution in [-0.4, -0.2) is 14.4 Å². The number of allylic oxidation sites excluding steroid dienone is 3. The lowest BCUT2D eigenvalue weighted by Crippen LogP contribution is -2.54. The average molecular weight is 485 g/mol. The molecule has 0 aromatic carbocycles. The summed E-state index contributed by atoms with van der Waals surface area (Å²) in [4.78, 5) is 0. The van der Waals surface area contributed by atoms with E-state index in [1.165, 1.54) is 63.4 Å². The molecule has 3 fully saturated rings. The van der Waals surface area contributed by atoms with Crippen LogP contribution in [0.2, 0.25) is 19.6 Å². The number of hydrogen-bond acceptors (Lipinski definition) is 1. The molecule has 4 aliphatic rings. The molecule has 3 unspecified atom stereocenters. The lowest BCUT2D eigenvalue weighted by Gasteiger charge is -2.60. The summed E-state index contributed by atoms with van der Waals surface area (Å²) >= 11 is 0. The smallest absolute Gasteiger partial charge is 0.184 e. The summed E-state index contributed by atoms with van der Waals surface area (Å²) in [5.74, 6) is 5.52. The molecule has 0 spiro atoms. The van der Waals surface area contributed by atoms with Gasteiger partial charge in [-0.25, -0.2) is 0 Å². The van der Waals surface area contributed by atoms with Gasteiger partial charge in [-0.05, 0) is 130 Å². The van der Waals surface area contributed by atoms with Gasteiger partial charge in [-0.15, -0.1) is 0 Å². The minimum atomic E-state index is -1.49. The number of hydrogen-bond donors (Lipinski definition) is 0. The molecule has 0 aliphatic heterocycles. The first-order valence-electron chi connectivity index (χ1n) is 14.8. The van der Waals surface area contributed by atoms with Gasteiger partial charge in [0.2, 0.25) is 0 Å². The maximum atomic E-state index is 6.71. The minimum Gasteiger partial charge on any atom is -0.414 e. The van der Waals surface area contributed by atoms with Crippen LogP contribution in [0.3, 0.4) is 0 Å². The van der Waals surface area contributed by atoms with E-state index in [-0.39, 0.29) is 0 Å². The van der Waals surface area contributed by atoms with Crippen LogP contribution in [0.4, 0.5) is 0 Å². The molecule has 0 heterocycles. The highest BCUT2D eigenvalue weighted by Gasteiger charge is 2.59. The first kappa shape index (κ1) is 26.7. The number of fused-ring (bicyclic) bond motifs is 5. The predicted molar refractivity (Wildman–Crippen MR) is 150 cm³/mol. The fourth-order valence-electron chi connectivity index (χ4n) is 9.43. The molecule has 0 aromatic heterocycles. The van der Waals surface area contributed by atoms with E-state index in [0.29, 0.717) is 28.8 Å². The molecule has 0 aromatic rings. The molecule has 4 aliphatic carbocycles. The Labute approximate surface area is 213 Å². The van der Waals surface area contributed by atoms with Crippen LogP contribution in [0.5, 0.6) is 0 Å². The lowest BCUT2D eigenvalue weighted by atomic mass is 9.46. The van der Waals surface area contributed by atoms with Crippen molar-refractivity contribution >= 4 is 8.32 Å². The maximum absolute atomic E-state index is 6.71. The van der Waals surface area contributed by atoms with E-state index in [0.717, 1.165) is 29.6 Å². The van der Waals surface area contributed by atoms with E-state index in [1.807, 2.05) is 5.57 Å². The third-order valence-electron chi connectivity index (χ3n) is 11.6. The Morgan fingerprint density at radius 3 is 2.32 bits per heavy atom. The zero-order chi connectivity index (χ0) is 25.1. The molecular formula is C32H56OSi. The van der Waals surface area contributed by atoms with E-state index in [4.69, 9.17) is 4.43 Å². The first-order valence-corrected chi connectivity index (χ1v) is 18.2. The highest BCUT2D eigenvalue weighted by molar-refractivity contribution is 6.69. The molecule has 1 nitrogen and oxygen atoms in total. The molecule has 4 rings (SSSR count). The summed E-state index contributed by atoms with van der Waals surface area (Å²) in [6.07, 6.45) is 15.6. The van der Waals surface area contributed by atoms with E-state index in [2.05, 4.69) is 73.8 Å². The van der Waals surface area contributed by atoms with Crippen LogP contribution >= 0.6 is 0 Å². The Balaban J connectivity index is 1.50. The standard InChI is InChI=1S/C32H56OSi/c1-21(2)22(3)11-12-23(4)26-15-16-28-25-13-14-27-24(5)30(33-34(8,9)10)18-20-32(27,7)29(25)17-19-31(26,28)6/h13,21,23-24,26-30H,3,11-12,14-20H2,1-2,4-10H3/t23-,24?,26-,27?,28+,29+,30?,31-,32+/m1/s1. The fraction of sp³-hybridized carbons (Fsp3) is 0.875. The molecule has 0 amide bonds. The Morgan fingerprint density at radius 1 is 1.03 bits per heavy atom. The van der Waals surface area contributed by atoms with Crippen molar-refractivity contribution in [1.29, 1.82) is 0 Å². The van der Waals surface area contributed by atoms with Crippen LogP contribution in [0, 0.1) is 52.3 Å². The van der Waals surface area contributed by atoms with E-state index in [1.54, 1.807) is 0 Å². The van der Waals surface area contributed by atoms with Gasteiger partial charge in [0.25, 0.3) is 0 Å². The van der Waals surface area contributed by atoms with Crippen LogP contribution in [-0.2, 0) is 4.43 Å². The topological polar surface area (TPSA) is 9.23 Å². The van der Waals surface area contributed by atoms with Gasteiger partial charge in [-0.2, -0.15) is 0 Å². The average Bonchev–Trinajstić information content (AvgIpc) is 3.10. The second-order valence-electron chi connectivity index (χ2n) is 14.9. The Kier molecular flexibility index (Phi) is 7.47. The minimum absolute atomic E-state index is 0.489. The second kappa shape index (κ2) is 9.51. The quantitative estimate of drug-likeness (QED) is 0.258. The van der Waals surface area contributed by atoms with Gasteiger partial charge in [0.15, 0.2) is 8.32 Å². The summed E-state index contributed by atoms with van der Waals surface area (Å²) in [5.41, 5.74) is 4.37. The zero-order valence-corrected chi connectivity index (χ0v) is 25.2. The summed E-state index contributed by atoms with van der Waals surface area (Å²) in [5, 5.41) is 0. The zero-order valence-electron chi connectivity index (χ0n) is 24.2. The molecule has 2 heteroatoms. The van der Waals surface area contributed by atoms with Crippen molar-refractivity contribution in [2.75, 3.05) is 0 Å². The molecule has 3 saturated carbocycles. The van der Waals surface area contributed by atoms with Gasteiger partial charge in [-0.3, -0.25) is 0 Å². The van der Waals surface area contributed by atoms with Crippen molar-refractivity contribution in [2.24, 2.45) is 52.3 Å². The van der Waals surface area contributed by atoms with E-state index in [9.17, 15) is 0 Å². The van der Waals surface area contributed by atoms with Gasteiger partial charge in [0, 0.05) is 6.10 Å². The van der Waals surface area contributed by atoms with Crippen LogP contribution in [0.1, 0.15) is 99.3 Å². The van der Waals surface area contributed by atoms with Crippen LogP contribution < -0.4 is 0 Å². The Hall–Kier alpha value is -0.343. The van der Waals surface area contributed by atoms with Crippen molar-refractivity contribution in [3.63, 3.8) is 0 Å². The van der Waals surface area contributed by atoms with E-state index < -0.39 is 8.32 Å². The van der Waals surface area contributed by atoms with Crippen molar-refractivity contribution in [1.82, 2.24) is 0 Å². The summed E-state index contributed by atoms with van der Waals surface area (Å²) in [7, 11) is -1.49. The molecule has 194 valence electrons. The highest BCUT2D eigenvalue weighted by Crippen LogP contribution is 2.67. The summed E-state index contributed by atoms with van der Waals surface area (Å²) in [6, 6.07) is 0. The monoisotopic (exact) mass is 484 g/mol. The van der Waals surface area contributed by atoms with Gasteiger partial charge in [0.05, 0.1) is 0 Å². The van der Waals surface area contributed by atoms with Gasteiger partial charge >= 0.3 is 0 Å².